The highest BCUT2D eigenvalue weighted by Gasteiger charge is 1.96. The molecule has 2 nitrogen and oxygen atoms in total. The summed E-state index contributed by atoms with van der Waals surface area (Å²) < 4.78 is 1.87. The van der Waals surface area contributed by atoms with Gasteiger partial charge in [-0.05, 0) is 25.5 Å². The van der Waals surface area contributed by atoms with E-state index in [1.54, 1.807) is 12.3 Å². The second-order valence-corrected chi connectivity index (χ2v) is 2.67. The first-order valence-electron chi connectivity index (χ1n) is 3.01. The van der Waals surface area contributed by atoms with E-state index in [-0.39, 0.29) is 0 Å². The summed E-state index contributed by atoms with van der Waals surface area (Å²) in [4.78, 5) is 0. The second-order valence-electron chi connectivity index (χ2n) is 2.23. The van der Waals surface area contributed by atoms with Crippen LogP contribution >= 0.6 is 12.2 Å². The molecule has 0 aromatic carbocycles. The van der Waals surface area contributed by atoms with E-state index in [4.69, 9.17) is 17.4 Å². The van der Waals surface area contributed by atoms with Crippen LogP contribution < -0.4 is 0 Å². The van der Waals surface area contributed by atoms with Crippen LogP contribution in [0.3, 0.4) is 0 Å². The summed E-state index contributed by atoms with van der Waals surface area (Å²) in [5, 5.41) is 9.09. The summed E-state index contributed by atoms with van der Waals surface area (Å²) in [5.41, 5.74) is 1.76. The van der Waals surface area contributed by atoms with Crippen LogP contribution in [0.4, 0.5) is 0 Å². The summed E-state index contributed by atoms with van der Waals surface area (Å²) in [7, 11) is 0. The van der Waals surface area contributed by atoms with Crippen LogP contribution in [0, 0.1) is 18.4 Å². The number of pyridine rings is 1. The Morgan fingerprint density at radius 1 is 1.50 bits per heavy atom. The molecule has 10 heavy (non-hydrogen) atoms. The van der Waals surface area contributed by atoms with Crippen LogP contribution in [0.5, 0.6) is 0 Å². The molecule has 0 unspecified atom stereocenters. The summed E-state index contributed by atoms with van der Waals surface area (Å²) in [6, 6.07) is 1.71. The first-order valence-corrected chi connectivity index (χ1v) is 3.42. The van der Waals surface area contributed by atoms with Crippen molar-refractivity contribution in [3.63, 3.8) is 0 Å². The van der Waals surface area contributed by atoms with Gasteiger partial charge in [-0.15, -0.1) is 0 Å². The highest BCUT2D eigenvalue weighted by molar-refractivity contribution is 7.71. The van der Waals surface area contributed by atoms with Gasteiger partial charge in [0.1, 0.15) is 0 Å². The Labute approximate surface area is 64.7 Å². The third-order valence-corrected chi connectivity index (χ3v) is 2.07. The molecule has 1 rings (SSSR count). The maximum atomic E-state index is 9.09. The molecule has 0 bridgehead atoms. The molecule has 0 fully saturated rings. The van der Waals surface area contributed by atoms with E-state index in [0.29, 0.717) is 0 Å². The van der Waals surface area contributed by atoms with Crippen molar-refractivity contribution in [2.24, 2.45) is 0 Å². The fourth-order valence-corrected chi connectivity index (χ4v) is 0.934. The van der Waals surface area contributed by atoms with Crippen molar-refractivity contribution in [3.8, 4) is 0 Å². The smallest absolute Gasteiger partial charge is 0.0579 e. The summed E-state index contributed by atoms with van der Waals surface area (Å²) in [6.45, 7) is 3.72. The standard InChI is InChI=1S/C7H9NOS/c1-5-6(2)8(9)4-3-7(5)10/h3-4,9H,1-2H3. The molecule has 1 aromatic rings. The number of hydrogen-bond donors (Lipinski definition) is 1. The molecule has 0 aliphatic heterocycles. The molecular weight excluding hydrogens is 146 g/mol. The van der Waals surface area contributed by atoms with Crippen LogP contribution in [0.1, 0.15) is 11.3 Å². The lowest BCUT2D eigenvalue weighted by Crippen LogP contribution is -1.99. The van der Waals surface area contributed by atoms with Gasteiger partial charge in [-0.1, -0.05) is 12.2 Å². The van der Waals surface area contributed by atoms with Crippen molar-refractivity contribution < 1.29 is 5.21 Å². The van der Waals surface area contributed by atoms with Crippen LogP contribution in [0.2, 0.25) is 0 Å². The molecule has 0 saturated heterocycles. The van der Waals surface area contributed by atoms with Crippen LogP contribution in [0.25, 0.3) is 0 Å². The van der Waals surface area contributed by atoms with Gasteiger partial charge in [-0.2, -0.15) is 4.73 Å². The predicted octanol–water partition coefficient (Wildman–Crippen LogP) is 2.07. The van der Waals surface area contributed by atoms with Crippen LogP contribution in [0.15, 0.2) is 12.3 Å². The Morgan fingerprint density at radius 2 is 2.10 bits per heavy atom. The third-order valence-electron chi connectivity index (χ3n) is 1.62. The molecule has 0 atom stereocenters. The highest BCUT2D eigenvalue weighted by atomic mass is 32.1. The number of hydrogen-bond acceptors (Lipinski definition) is 2. The molecule has 1 N–H and O–H groups in total. The van der Waals surface area contributed by atoms with Crippen molar-refractivity contribution in [2.45, 2.75) is 13.8 Å². The van der Waals surface area contributed by atoms with E-state index >= 15 is 0 Å². The Bertz CT molecular complexity index is 303. The number of rotatable bonds is 0. The Kier molecular flexibility index (Phi) is 1.76. The van der Waals surface area contributed by atoms with Crippen molar-refractivity contribution in [1.29, 1.82) is 0 Å². The highest BCUT2D eigenvalue weighted by Crippen LogP contribution is 2.05. The average molecular weight is 155 g/mol. The van der Waals surface area contributed by atoms with E-state index in [0.717, 1.165) is 20.5 Å². The Balaban J connectivity index is 3.49. The minimum Gasteiger partial charge on any atom is -0.429 e. The normalized spacial score (nSPS) is 9.80. The lowest BCUT2D eigenvalue weighted by molar-refractivity contribution is 0.177. The molecule has 0 spiro atoms. The van der Waals surface area contributed by atoms with Crippen molar-refractivity contribution in [3.05, 3.63) is 28.0 Å². The number of nitrogens with zero attached hydrogens (tertiary/aromatic N) is 1. The van der Waals surface area contributed by atoms with E-state index in [9.17, 15) is 0 Å². The molecule has 1 heterocycles. The minimum atomic E-state index is 0.794. The SMILES string of the molecule is Cc1c(C)n(O)ccc1=S. The Morgan fingerprint density at radius 3 is 2.60 bits per heavy atom. The van der Waals surface area contributed by atoms with E-state index in [1.807, 2.05) is 13.8 Å². The zero-order valence-electron chi connectivity index (χ0n) is 5.96. The molecule has 0 aliphatic carbocycles. The van der Waals surface area contributed by atoms with Gasteiger partial charge < -0.3 is 5.21 Å². The Hall–Kier alpha value is -0.830. The van der Waals surface area contributed by atoms with Crippen LogP contribution in [-0.4, -0.2) is 9.94 Å². The van der Waals surface area contributed by atoms with E-state index in [1.165, 1.54) is 0 Å². The molecule has 1 aromatic heterocycles. The fraction of sp³-hybridized carbons (Fsp3) is 0.286. The van der Waals surface area contributed by atoms with Gasteiger partial charge in [0, 0.05) is 10.7 Å². The topological polar surface area (TPSA) is 25.2 Å². The largest absolute Gasteiger partial charge is 0.429 e. The van der Waals surface area contributed by atoms with Gasteiger partial charge in [-0.25, -0.2) is 0 Å². The lowest BCUT2D eigenvalue weighted by atomic mass is 10.2. The maximum absolute atomic E-state index is 9.09. The summed E-state index contributed by atoms with van der Waals surface area (Å²) in [5.74, 6) is 0. The average Bonchev–Trinajstić information content (AvgIpc) is 1.93. The first kappa shape index (κ1) is 7.28. The van der Waals surface area contributed by atoms with Gasteiger partial charge in [0.2, 0.25) is 0 Å². The molecular formula is C7H9NOS. The second kappa shape index (κ2) is 2.42. The summed E-state index contributed by atoms with van der Waals surface area (Å²) in [6.07, 6.45) is 1.55. The number of aromatic nitrogens is 1. The van der Waals surface area contributed by atoms with Crippen molar-refractivity contribution >= 4 is 12.2 Å². The van der Waals surface area contributed by atoms with Crippen molar-refractivity contribution in [1.82, 2.24) is 4.73 Å². The van der Waals surface area contributed by atoms with E-state index < -0.39 is 0 Å². The van der Waals surface area contributed by atoms with Gasteiger partial charge in [0.25, 0.3) is 0 Å². The molecule has 0 radical (unpaired) electrons. The molecule has 3 heteroatoms. The van der Waals surface area contributed by atoms with E-state index in [2.05, 4.69) is 0 Å². The third kappa shape index (κ3) is 1.04. The zero-order chi connectivity index (χ0) is 7.72. The fourth-order valence-electron chi connectivity index (χ4n) is 0.725. The molecule has 0 saturated carbocycles. The molecule has 0 aliphatic rings. The lowest BCUT2D eigenvalue weighted by Gasteiger charge is -2.03. The zero-order valence-corrected chi connectivity index (χ0v) is 6.77. The monoisotopic (exact) mass is 155 g/mol. The van der Waals surface area contributed by atoms with Crippen LogP contribution in [-0.2, 0) is 0 Å². The van der Waals surface area contributed by atoms with Crippen molar-refractivity contribution in [2.75, 3.05) is 0 Å². The maximum Gasteiger partial charge on any atom is 0.0579 e. The van der Waals surface area contributed by atoms with Gasteiger partial charge in [0.05, 0.1) is 5.69 Å². The first-order chi connectivity index (χ1) is 4.63. The predicted molar refractivity (Wildman–Crippen MR) is 41.9 cm³/mol. The molecule has 0 amide bonds. The minimum absolute atomic E-state index is 0.794. The van der Waals surface area contributed by atoms with Gasteiger partial charge in [0.15, 0.2) is 0 Å². The van der Waals surface area contributed by atoms with Gasteiger partial charge in [-0.3, -0.25) is 0 Å². The summed E-state index contributed by atoms with van der Waals surface area (Å²) >= 11 is 4.98. The molecule has 54 valence electrons. The van der Waals surface area contributed by atoms with Gasteiger partial charge >= 0.3 is 0 Å². The quantitative estimate of drug-likeness (QED) is 0.458.